The molecule has 0 atom stereocenters. The summed E-state index contributed by atoms with van der Waals surface area (Å²) >= 11 is 0. The topological polar surface area (TPSA) is 79.0 Å². The van der Waals surface area contributed by atoms with Gasteiger partial charge in [0.1, 0.15) is 0 Å². The number of H-pyrrole nitrogens is 1. The minimum atomic E-state index is -2.64. The number of thiol groups is 1. The van der Waals surface area contributed by atoms with Crippen molar-refractivity contribution in [3.8, 4) is 11.1 Å². The summed E-state index contributed by atoms with van der Waals surface area (Å²) in [5.41, 5.74) is 2.11. The summed E-state index contributed by atoms with van der Waals surface area (Å²) in [5.74, 6) is 0. The van der Waals surface area contributed by atoms with E-state index in [2.05, 4.69) is 9.71 Å². The second-order valence-electron chi connectivity index (χ2n) is 3.39. The van der Waals surface area contributed by atoms with Crippen LogP contribution in [-0.2, 0) is 10.9 Å². The van der Waals surface area contributed by atoms with Gasteiger partial charge in [0.15, 0.2) is 0 Å². The third-order valence-electron chi connectivity index (χ3n) is 2.22. The number of rotatable bonds is 3. The molecule has 0 unspecified atom stereocenters. The second-order valence-corrected chi connectivity index (χ2v) is 4.13. The van der Waals surface area contributed by atoms with Crippen molar-refractivity contribution in [2.45, 2.75) is 0 Å². The van der Waals surface area contributed by atoms with E-state index in [4.69, 9.17) is 0 Å². The number of hydrogen-bond acceptors (Lipinski definition) is 3. The fourth-order valence-corrected chi connectivity index (χ4v) is 1.79. The van der Waals surface area contributed by atoms with E-state index in [9.17, 15) is 13.2 Å². The van der Waals surface area contributed by atoms with Crippen molar-refractivity contribution >= 4 is 16.6 Å². The zero-order chi connectivity index (χ0) is 12.3. The van der Waals surface area contributed by atoms with E-state index in [0.29, 0.717) is 5.69 Å². The van der Waals surface area contributed by atoms with Crippen LogP contribution in [0, 0.1) is 0 Å². The van der Waals surface area contributed by atoms with Crippen LogP contribution in [0.3, 0.4) is 0 Å². The lowest BCUT2D eigenvalue weighted by molar-refractivity contribution is 0.619. The third-order valence-corrected chi connectivity index (χ3v) is 2.66. The van der Waals surface area contributed by atoms with Gasteiger partial charge < -0.3 is 4.98 Å². The first kappa shape index (κ1) is 11.4. The molecule has 0 aliphatic carbocycles. The molecule has 0 saturated carbocycles. The van der Waals surface area contributed by atoms with Crippen LogP contribution in [0.25, 0.3) is 11.1 Å². The van der Waals surface area contributed by atoms with Crippen molar-refractivity contribution in [3.05, 3.63) is 52.9 Å². The Morgan fingerprint density at radius 2 is 1.59 bits per heavy atom. The van der Waals surface area contributed by atoms with E-state index >= 15 is 0 Å². The molecule has 0 bridgehead atoms. The van der Waals surface area contributed by atoms with Gasteiger partial charge in [0.05, 0.1) is 0 Å². The summed E-state index contributed by atoms with van der Waals surface area (Å²) in [6.07, 6.45) is 1.61. The molecule has 2 aromatic rings. The Morgan fingerprint density at radius 3 is 2.12 bits per heavy atom. The lowest BCUT2D eigenvalue weighted by Crippen LogP contribution is -2.01. The molecule has 0 fully saturated rings. The van der Waals surface area contributed by atoms with Gasteiger partial charge in [-0.3, -0.25) is 9.52 Å². The zero-order valence-electron chi connectivity index (χ0n) is 8.71. The van der Waals surface area contributed by atoms with E-state index in [0.717, 1.165) is 11.1 Å². The smallest absolute Gasteiger partial charge is 0.247 e. The fraction of sp³-hybridized carbons (Fsp3) is 0. The maximum Gasteiger partial charge on any atom is 0.247 e. The summed E-state index contributed by atoms with van der Waals surface area (Å²) in [6, 6.07) is 10.0. The first-order chi connectivity index (χ1) is 8.15. The first-order valence-electron chi connectivity index (χ1n) is 4.85. The van der Waals surface area contributed by atoms with Crippen LogP contribution < -0.4 is 10.3 Å². The summed E-state index contributed by atoms with van der Waals surface area (Å²) in [5, 5.41) is 0. The van der Waals surface area contributed by atoms with Gasteiger partial charge in [-0.2, -0.15) is 0 Å². The molecule has 6 heteroatoms. The fourth-order valence-electron chi connectivity index (χ4n) is 1.43. The zero-order valence-corrected chi connectivity index (χ0v) is 9.61. The second kappa shape index (κ2) is 4.84. The van der Waals surface area contributed by atoms with Crippen LogP contribution >= 0.6 is 0 Å². The summed E-state index contributed by atoms with van der Waals surface area (Å²) in [6.45, 7) is 0. The Hall–Kier alpha value is -2.08. The van der Waals surface area contributed by atoms with Crippen LogP contribution in [-0.4, -0.2) is 13.4 Å². The molecule has 0 radical (unpaired) electrons. The monoisotopic (exact) mass is 250 g/mol. The molecule has 0 spiro atoms. The number of aromatic amines is 1. The van der Waals surface area contributed by atoms with Gasteiger partial charge in [-0.25, -0.2) is 8.42 Å². The van der Waals surface area contributed by atoms with Crippen molar-refractivity contribution in [2.75, 3.05) is 4.72 Å². The normalized spacial score (nSPS) is 10.4. The minimum Gasteiger partial charge on any atom is -0.328 e. The standard InChI is InChI=1S/C11H10N2O3S/c14-11-6-3-9(7-12-11)8-1-4-10(5-2-8)13-17(15)16/h1-7,17H,(H,12,14)(H,13,15,16). The van der Waals surface area contributed by atoms with Crippen molar-refractivity contribution in [1.82, 2.24) is 4.98 Å². The predicted octanol–water partition coefficient (Wildman–Crippen LogP) is 0.980. The summed E-state index contributed by atoms with van der Waals surface area (Å²) < 4.78 is 23.2. The van der Waals surface area contributed by atoms with Crippen LogP contribution in [0.1, 0.15) is 0 Å². The van der Waals surface area contributed by atoms with Gasteiger partial charge in [-0.05, 0) is 29.3 Å². The highest BCUT2D eigenvalue weighted by Gasteiger charge is 1.98. The molecule has 0 aliphatic rings. The van der Waals surface area contributed by atoms with Gasteiger partial charge in [0.25, 0.3) is 0 Å². The van der Waals surface area contributed by atoms with Gasteiger partial charge in [-0.1, -0.05) is 12.1 Å². The number of hydrogen-bond donors (Lipinski definition) is 3. The van der Waals surface area contributed by atoms with Gasteiger partial charge in [0.2, 0.25) is 16.4 Å². The molecule has 1 heterocycles. The average Bonchev–Trinajstić information content (AvgIpc) is 2.30. The molecule has 2 N–H and O–H groups in total. The quantitative estimate of drug-likeness (QED) is 0.710. The van der Waals surface area contributed by atoms with Crippen LogP contribution in [0.15, 0.2) is 47.4 Å². The van der Waals surface area contributed by atoms with Crippen molar-refractivity contribution in [2.24, 2.45) is 0 Å². The molecule has 1 aromatic heterocycles. The molecular weight excluding hydrogens is 240 g/mol. The van der Waals surface area contributed by atoms with Crippen LogP contribution in [0.4, 0.5) is 5.69 Å². The first-order valence-corrected chi connectivity index (χ1v) is 6.03. The van der Waals surface area contributed by atoms with Crippen molar-refractivity contribution in [3.63, 3.8) is 0 Å². The van der Waals surface area contributed by atoms with Crippen LogP contribution in [0.5, 0.6) is 0 Å². The highest BCUT2D eigenvalue weighted by molar-refractivity contribution is 7.73. The van der Waals surface area contributed by atoms with Gasteiger partial charge >= 0.3 is 0 Å². The Morgan fingerprint density at radius 1 is 0.941 bits per heavy atom. The predicted molar refractivity (Wildman–Crippen MR) is 66.4 cm³/mol. The number of pyridine rings is 1. The lowest BCUT2D eigenvalue weighted by Gasteiger charge is -2.02. The average molecular weight is 250 g/mol. The Bertz CT molecular complexity index is 616. The third kappa shape index (κ3) is 2.94. The SMILES string of the molecule is O=c1ccc(-c2ccc(N[SH](=O)=O)cc2)c[nH]1. The molecule has 0 amide bonds. The maximum atomic E-state index is 10.9. The molecule has 0 saturated heterocycles. The molecule has 1 aromatic carbocycles. The van der Waals surface area contributed by atoms with E-state index in [1.807, 2.05) is 0 Å². The molecule has 5 nitrogen and oxygen atoms in total. The highest BCUT2D eigenvalue weighted by Crippen LogP contribution is 2.19. The molecule has 0 aliphatic heterocycles. The summed E-state index contributed by atoms with van der Waals surface area (Å²) in [7, 11) is -2.64. The van der Waals surface area contributed by atoms with Crippen LogP contribution in [0.2, 0.25) is 0 Å². The minimum absolute atomic E-state index is 0.157. The molecule has 88 valence electrons. The van der Waals surface area contributed by atoms with Gasteiger partial charge in [0, 0.05) is 18.0 Å². The van der Waals surface area contributed by atoms with E-state index in [-0.39, 0.29) is 5.56 Å². The number of aromatic nitrogens is 1. The lowest BCUT2D eigenvalue weighted by atomic mass is 10.1. The highest BCUT2D eigenvalue weighted by atomic mass is 32.2. The summed E-state index contributed by atoms with van der Waals surface area (Å²) in [4.78, 5) is 13.5. The van der Waals surface area contributed by atoms with Crippen molar-refractivity contribution < 1.29 is 8.42 Å². The Labute approximate surface area is 99.2 Å². The molecule has 17 heavy (non-hydrogen) atoms. The number of nitrogens with one attached hydrogen (secondary N) is 2. The Kier molecular flexibility index (Phi) is 3.24. The number of benzene rings is 1. The maximum absolute atomic E-state index is 10.9. The van der Waals surface area contributed by atoms with E-state index in [1.54, 1.807) is 36.5 Å². The largest absolute Gasteiger partial charge is 0.328 e. The number of anilines is 1. The Balaban J connectivity index is 2.29. The van der Waals surface area contributed by atoms with Gasteiger partial charge in [-0.15, -0.1) is 0 Å². The molecule has 2 rings (SSSR count). The van der Waals surface area contributed by atoms with Crippen molar-refractivity contribution in [1.29, 1.82) is 0 Å². The molecular formula is C11H10N2O3S. The van der Waals surface area contributed by atoms with E-state index < -0.39 is 10.9 Å². The van der Waals surface area contributed by atoms with E-state index in [1.165, 1.54) is 6.07 Å².